The molecule has 0 spiro atoms. The summed E-state index contributed by atoms with van der Waals surface area (Å²) in [5.74, 6) is 0.618. The fourth-order valence-corrected chi connectivity index (χ4v) is 3.27. The fraction of sp³-hybridized carbons (Fsp3) is 0.533. The van der Waals surface area contributed by atoms with E-state index < -0.39 is 0 Å². The number of rotatable bonds is 4. The number of nitrogens with zero attached hydrogens (tertiary/aromatic N) is 1. The second-order valence-corrected chi connectivity index (χ2v) is 6.31. The van der Waals surface area contributed by atoms with E-state index in [1.807, 2.05) is 11.0 Å². The van der Waals surface area contributed by atoms with Crippen molar-refractivity contribution in [2.24, 2.45) is 11.7 Å². The number of amides is 1. The highest BCUT2D eigenvalue weighted by molar-refractivity contribution is 6.35. The molecule has 1 aromatic rings. The summed E-state index contributed by atoms with van der Waals surface area (Å²) >= 11 is 12.0. The standard InChI is InChI=1S/C15H20Cl2N2O.ClH/c1-10-6-11(8-18)9-19(10)15(20)5-3-12-2-4-13(16)7-14(12)17;/h2,4,7,10-11H,3,5-6,8-9,18H2,1H3;1H. The quantitative estimate of drug-likeness (QED) is 0.902. The third kappa shape index (κ3) is 4.75. The van der Waals surface area contributed by atoms with E-state index in [1.54, 1.807) is 12.1 Å². The number of nitrogens with two attached hydrogens (primary N) is 1. The minimum Gasteiger partial charge on any atom is -0.340 e. The van der Waals surface area contributed by atoms with Crippen LogP contribution in [0.25, 0.3) is 0 Å². The second-order valence-electron chi connectivity index (χ2n) is 5.47. The normalized spacial score (nSPS) is 21.2. The van der Waals surface area contributed by atoms with Crippen LogP contribution < -0.4 is 5.73 Å². The zero-order valence-corrected chi connectivity index (χ0v) is 14.3. The molecule has 1 aliphatic rings. The molecule has 1 aromatic carbocycles. The fourth-order valence-electron chi connectivity index (χ4n) is 2.77. The van der Waals surface area contributed by atoms with Gasteiger partial charge in [0.25, 0.3) is 0 Å². The molecule has 118 valence electrons. The van der Waals surface area contributed by atoms with E-state index in [1.165, 1.54) is 0 Å². The van der Waals surface area contributed by atoms with E-state index in [0.717, 1.165) is 18.5 Å². The van der Waals surface area contributed by atoms with Crippen LogP contribution in [0.5, 0.6) is 0 Å². The van der Waals surface area contributed by atoms with Gasteiger partial charge in [0.05, 0.1) is 0 Å². The number of hydrogen-bond donors (Lipinski definition) is 1. The molecule has 1 heterocycles. The highest BCUT2D eigenvalue weighted by atomic mass is 35.5. The van der Waals surface area contributed by atoms with Crippen molar-refractivity contribution in [1.29, 1.82) is 0 Å². The number of aryl methyl sites for hydroxylation is 1. The number of halogens is 3. The zero-order chi connectivity index (χ0) is 14.7. The SMILES string of the molecule is CC1CC(CN)CN1C(=O)CCc1ccc(Cl)cc1Cl.Cl. The predicted octanol–water partition coefficient (Wildman–Crippen LogP) is 3.54. The first kappa shape index (κ1) is 18.6. The van der Waals surface area contributed by atoms with Crippen molar-refractivity contribution >= 4 is 41.5 Å². The van der Waals surface area contributed by atoms with Crippen LogP contribution >= 0.6 is 35.6 Å². The third-order valence-corrected chi connectivity index (χ3v) is 4.53. The van der Waals surface area contributed by atoms with Crippen LogP contribution in [0.2, 0.25) is 10.0 Å². The zero-order valence-electron chi connectivity index (χ0n) is 12.0. The van der Waals surface area contributed by atoms with Crippen molar-refractivity contribution in [2.75, 3.05) is 13.1 Å². The van der Waals surface area contributed by atoms with Crippen LogP contribution in [-0.4, -0.2) is 29.9 Å². The summed E-state index contributed by atoms with van der Waals surface area (Å²) in [5.41, 5.74) is 6.65. The average Bonchev–Trinajstić information content (AvgIpc) is 2.79. The Morgan fingerprint density at radius 1 is 1.43 bits per heavy atom. The maximum absolute atomic E-state index is 12.3. The van der Waals surface area contributed by atoms with Gasteiger partial charge in [-0.2, -0.15) is 0 Å². The Hall–Kier alpha value is -0.480. The van der Waals surface area contributed by atoms with E-state index in [0.29, 0.717) is 35.3 Å². The van der Waals surface area contributed by atoms with Gasteiger partial charge < -0.3 is 10.6 Å². The molecule has 1 saturated heterocycles. The molecule has 1 fully saturated rings. The Kier molecular flexibility index (Phi) is 7.28. The Morgan fingerprint density at radius 3 is 2.71 bits per heavy atom. The lowest BCUT2D eigenvalue weighted by atomic mass is 10.1. The Bertz CT molecular complexity index is 496. The molecule has 2 atom stereocenters. The van der Waals surface area contributed by atoms with Crippen LogP contribution in [0.15, 0.2) is 18.2 Å². The van der Waals surface area contributed by atoms with Crippen molar-refractivity contribution in [3.63, 3.8) is 0 Å². The van der Waals surface area contributed by atoms with Crippen molar-refractivity contribution in [1.82, 2.24) is 4.90 Å². The summed E-state index contributed by atoms with van der Waals surface area (Å²) in [4.78, 5) is 14.2. The average molecular weight is 352 g/mol. The predicted molar refractivity (Wildman–Crippen MR) is 90.4 cm³/mol. The maximum atomic E-state index is 12.3. The van der Waals surface area contributed by atoms with Crippen molar-refractivity contribution in [3.05, 3.63) is 33.8 Å². The molecule has 0 aromatic heterocycles. The topological polar surface area (TPSA) is 46.3 Å². The van der Waals surface area contributed by atoms with Gasteiger partial charge in [-0.3, -0.25) is 4.79 Å². The van der Waals surface area contributed by atoms with E-state index in [9.17, 15) is 4.79 Å². The van der Waals surface area contributed by atoms with Gasteiger partial charge in [-0.05, 0) is 49.9 Å². The van der Waals surface area contributed by atoms with Gasteiger partial charge in [0.2, 0.25) is 5.91 Å². The van der Waals surface area contributed by atoms with E-state index in [2.05, 4.69) is 6.92 Å². The van der Waals surface area contributed by atoms with Gasteiger partial charge in [-0.1, -0.05) is 29.3 Å². The number of carbonyl (C=O) groups excluding carboxylic acids is 1. The van der Waals surface area contributed by atoms with Crippen molar-refractivity contribution < 1.29 is 4.79 Å². The molecule has 3 nitrogen and oxygen atoms in total. The van der Waals surface area contributed by atoms with Gasteiger partial charge in [0, 0.05) is 29.1 Å². The smallest absolute Gasteiger partial charge is 0.223 e. The van der Waals surface area contributed by atoms with Crippen LogP contribution in [0.1, 0.15) is 25.3 Å². The molecule has 2 rings (SSSR count). The minimum atomic E-state index is 0. The monoisotopic (exact) mass is 350 g/mol. The summed E-state index contributed by atoms with van der Waals surface area (Å²) in [6, 6.07) is 5.69. The van der Waals surface area contributed by atoms with Gasteiger partial charge in [0.15, 0.2) is 0 Å². The van der Waals surface area contributed by atoms with E-state index >= 15 is 0 Å². The molecule has 2 N–H and O–H groups in total. The molecular formula is C15H21Cl3N2O. The van der Waals surface area contributed by atoms with Crippen LogP contribution in [0.3, 0.4) is 0 Å². The Labute approximate surface area is 142 Å². The Balaban J connectivity index is 0.00000220. The van der Waals surface area contributed by atoms with Gasteiger partial charge in [0.1, 0.15) is 0 Å². The lowest BCUT2D eigenvalue weighted by Crippen LogP contribution is -2.34. The molecule has 1 aliphatic heterocycles. The second kappa shape index (κ2) is 8.23. The first-order valence-corrected chi connectivity index (χ1v) is 7.70. The van der Waals surface area contributed by atoms with Crippen LogP contribution in [-0.2, 0) is 11.2 Å². The Morgan fingerprint density at radius 2 is 2.14 bits per heavy atom. The molecule has 0 saturated carbocycles. The molecule has 0 radical (unpaired) electrons. The summed E-state index contributed by atoms with van der Waals surface area (Å²) in [6.07, 6.45) is 2.12. The lowest BCUT2D eigenvalue weighted by Gasteiger charge is -2.21. The van der Waals surface area contributed by atoms with Gasteiger partial charge in [-0.15, -0.1) is 12.4 Å². The third-order valence-electron chi connectivity index (χ3n) is 3.94. The summed E-state index contributed by atoms with van der Waals surface area (Å²) in [6.45, 7) is 3.52. The van der Waals surface area contributed by atoms with Crippen molar-refractivity contribution in [3.8, 4) is 0 Å². The molecule has 6 heteroatoms. The first-order valence-electron chi connectivity index (χ1n) is 6.94. The summed E-state index contributed by atoms with van der Waals surface area (Å²) < 4.78 is 0. The molecule has 21 heavy (non-hydrogen) atoms. The van der Waals surface area contributed by atoms with Crippen molar-refractivity contribution in [2.45, 2.75) is 32.2 Å². The van der Waals surface area contributed by atoms with E-state index in [4.69, 9.17) is 28.9 Å². The number of hydrogen-bond acceptors (Lipinski definition) is 2. The summed E-state index contributed by atoms with van der Waals surface area (Å²) in [5, 5.41) is 1.24. The lowest BCUT2D eigenvalue weighted by molar-refractivity contribution is -0.131. The molecule has 0 bridgehead atoms. The maximum Gasteiger partial charge on any atom is 0.223 e. The number of likely N-dealkylation sites (tertiary alicyclic amines) is 1. The van der Waals surface area contributed by atoms with E-state index in [-0.39, 0.29) is 24.4 Å². The van der Waals surface area contributed by atoms with Crippen LogP contribution in [0.4, 0.5) is 0 Å². The number of benzene rings is 1. The largest absolute Gasteiger partial charge is 0.340 e. The molecule has 0 aliphatic carbocycles. The highest BCUT2D eigenvalue weighted by Gasteiger charge is 2.31. The molecular weight excluding hydrogens is 331 g/mol. The van der Waals surface area contributed by atoms with Gasteiger partial charge >= 0.3 is 0 Å². The first-order chi connectivity index (χ1) is 9.51. The molecule has 2 unspecified atom stereocenters. The molecule has 1 amide bonds. The van der Waals surface area contributed by atoms with Crippen LogP contribution in [0, 0.1) is 5.92 Å². The highest BCUT2D eigenvalue weighted by Crippen LogP contribution is 2.25. The minimum absolute atomic E-state index is 0. The number of carbonyl (C=O) groups is 1. The van der Waals surface area contributed by atoms with Gasteiger partial charge in [-0.25, -0.2) is 0 Å². The summed E-state index contributed by atoms with van der Waals surface area (Å²) in [7, 11) is 0.